The molecule has 6 nitrogen and oxygen atoms in total. The van der Waals surface area contributed by atoms with Crippen LogP contribution in [-0.2, 0) is 4.79 Å². The topological polar surface area (TPSA) is 73.9 Å². The monoisotopic (exact) mass is 377 g/mol. The Bertz CT molecular complexity index is 980. The van der Waals surface area contributed by atoms with Crippen LogP contribution >= 0.6 is 0 Å². The number of carbonyl (C=O) groups excluding carboxylic acids is 1. The van der Waals surface area contributed by atoms with Gasteiger partial charge in [0.1, 0.15) is 17.8 Å². The van der Waals surface area contributed by atoms with E-state index in [1.54, 1.807) is 6.33 Å². The van der Waals surface area contributed by atoms with E-state index in [2.05, 4.69) is 45.1 Å². The highest BCUT2D eigenvalue weighted by molar-refractivity contribution is 5.87. The molecule has 6 heteroatoms. The average Bonchev–Trinajstić information content (AvgIpc) is 3.18. The summed E-state index contributed by atoms with van der Waals surface area (Å²) in [5, 5.41) is 4.37. The molecule has 1 atom stereocenters. The van der Waals surface area contributed by atoms with E-state index >= 15 is 0 Å². The van der Waals surface area contributed by atoms with Crippen molar-refractivity contribution in [3.63, 3.8) is 0 Å². The molecule has 0 aliphatic carbocycles. The van der Waals surface area contributed by atoms with Crippen molar-refractivity contribution in [3.8, 4) is 0 Å². The van der Waals surface area contributed by atoms with E-state index in [9.17, 15) is 4.79 Å². The Morgan fingerprint density at radius 2 is 2.18 bits per heavy atom. The Kier molecular flexibility index (Phi) is 5.28. The molecule has 3 heterocycles. The number of aromatic amines is 1. The van der Waals surface area contributed by atoms with E-state index in [0.717, 1.165) is 48.5 Å². The van der Waals surface area contributed by atoms with E-state index in [0.29, 0.717) is 18.9 Å². The average molecular weight is 377 g/mol. The summed E-state index contributed by atoms with van der Waals surface area (Å²) in [5.74, 6) is 1.60. The zero-order valence-corrected chi connectivity index (χ0v) is 16.5. The van der Waals surface area contributed by atoms with Gasteiger partial charge in [0, 0.05) is 31.4 Å². The third kappa shape index (κ3) is 3.86. The zero-order valence-electron chi connectivity index (χ0n) is 16.5. The van der Waals surface area contributed by atoms with Crippen LogP contribution in [-0.4, -0.2) is 40.4 Å². The van der Waals surface area contributed by atoms with Crippen LogP contribution in [0.4, 0.5) is 11.5 Å². The quantitative estimate of drug-likeness (QED) is 0.682. The van der Waals surface area contributed by atoms with Crippen molar-refractivity contribution in [2.75, 3.05) is 29.9 Å². The molecule has 3 aromatic rings. The first-order valence-electron chi connectivity index (χ1n) is 9.96. The Hall–Kier alpha value is -2.89. The molecule has 1 unspecified atom stereocenters. The van der Waals surface area contributed by atoms with Crippen molar-refractivity contribution < 1.29 is 4.79 Å². The number of aryl methyl sites for hydroxylation is 1. The molecule has 2 aromatic heterocycles. The summed E-state index contributed by atoms with van der Waals surface area (Å²) in [5.41, 5.74) is 4.36. The number of anilines is 2. The summed E-state index contributed by atoms with van der Waals surface area (Å²) in [6.45, 7) is 6.41. The van der Waals surface area contributed by atoms with E-state index in [-0.39, 0.29) is 5.78 Å². The molecular formula is C22H27N5O. The molecule has 0 saturated carbocycles. The first kappa shape index (κ1) is 18.5. The standard InChI is InChI=1S/C22H27N5O/c1-15-5-3-7-20(16(15)2)24-12-18(28)11-17-6-4-10-27(13-17)22-19-8-9-23-21(19)25-14-26-22/h3,5,7-9,14,17,24H,4,6,10-13H2,1-2H3,(H,23,25,26). The lowest BCUT2D eigenvalue weighted by Crippen LogP contribution is -2.37. The fourth-order valence-electron chi connectivity index (χ4n) is 4.07. The number of nitrogens with one attached hydrogen (secondary N) is 2. The van der Waals surface area contributed by atoms with Gasteiger partial charge >= 0.3 is 0 Å². The van der Waals surface area contributed by atoms with E-state index in [1.165, 1.54) is 11.1 Å². The van der Waals surface area contributed by atoms with Gasteiger partial charge in [0.05, 0.1) is 11.9 Å². The highest BCUT2D eigenvalue weighted by atomic mass is 16.1. The number of rotatable bonds is 6. The number of ketones is 1. The number of piperidine rings is 1. The molecule has 1 aliphatic rings. The zero-order chi connectivity index (χ0) is 19.5. The molecular weight excluding hydrogens is 350 g/mol. The molecule has 28 heavy (non-hydrogen) atoms. The van der Waals surface area contributed by atoms with Crippen molar-refractivity contribution in [2.24, 2.45) is 5.92 Å². The molecule has 1 fully saturated rings. The Morgan fingerprint density at radius 3 is 3.07 bits per heavy atom. The van der Waals surface area contributed by atoms with Crippen LogP contribution in [0.15, 0.2) is 36.8 Å². The van der Waals surface area contributed by atoms with E-state index < -0.39 is 0 Å². The SMILES string of the molecule is Cc1cccc(NCC(=O)CC2CCCN(c3ncnc4[nH]ccc34)C2)c1C. The van der Waals surface area contributed by atoms with Gasteiger partial charge in [-0.2, -0.15) is 0 Å². The van der Waals surface area contributed by atoms with Crippen LogP contribution in [0, 0.1) is 19.8 Å². The lowest BCUT2D eigenvalue weighted by molar-refractivity contribution is -0.118. The molecule has 1 saturated heterocycles. The number of fused-ring (bicyclic) bond motifs is 1. The summed E-state index contributed by atoms with van der Waals surface area (Å²) in [4.78, 5) is 26.8. The van der Waals surface area contributed by atoms with Crippen LogP contribution in [0.3, 0.4) is 0 Å². The van der Waals surface area contributed by atoms with Crippen LogP contribution in [0.2, 0.25) is 0 Å². The Morgan fingerprint density at radius 1 is 1.29 bits per heavy atom. The number of hydrogen-bond acceptors (Lipinski definition) is 5. The van der Waals surface area contributed by atoms with Gasteiger partial charge in [-0.05, 0) is 55.9 Å². The summed E-state index contributed by atoms with van der Waals surface area (Å²) < 4.78 is 0. The van der Waals surface area contributed by atoms with Crippen molar-refractivity contribution in [1.29, 1.82) is 0 Å². The largest absolute Gasteiger partial charge is 0.378 e. The normalized spacial score (nSPS) is 17.1. The van der Waals surface area contributed by atoms with Gasteiger partial charge in [-0.3, -0.25) is 4.79 Å². The molecule has 0 spiro atoms. The van der Waals surface area contributed by atoms with Crippen LogP contribution < -0.4 is 10.2 Å². The molecule has 1 aliphatic heterocycles. The fourth-order valence-corrected chi connectivity index (χ4v) is 4.07. The third-order valence-electron chi connectivity index (χ3n) is 5.75. The van der Waals surface area contributed by atoms with Gasteiger partial charge < -0.3 is 15.2 Å². The minimum atomic E-state index is 0.266. The molecule has 0 radical (unpaired) electrons. The lowest BCUT2D eigenvalue weighted by atomic mass is 9.92. The Balaban J connectivity index is 1.36. The fraction of sp³-hybridized carbons (Fsp3) is 0.409. The van der Waals surface area contributed by atoms with E-state index in [1.807, 2.05) is 24.4 Å². The predicted octanol–water partition coefficient (Wildman–Crippen LogP) is 3.86. The lowest BCUT2D eigenvalue weighted by Gasteiger charge is -2.33. The smallest absolute Gasteiger partial charge is 0.152 e. The molecule has 146 valence electrons. The van der Waals surface area contributed by atoms with Crippen LogP contribution in [0.1, 0.15) is 30.4 Å². The van der Waals surface area contributed by atoms with Gasteiger partial charge in [-0.25, -0.2) is 9.97 Å². The Labute approximate surface area is 165 Å². The second kappa shape index (κ2) is 8.00. The summed E-state index contributed by atoms with van der Waals surface area (Å²) >= 11 is 0. The summed E-state index contributed by atoms with van der Waals surface area (Å²) in [6, 6.07) is 8.17. The van der Waals surface area contributed by atoms with Gasteiger partial charge in [-0.15, -0.1) is 0 Å². The minimum absolute atomic E-state index is 0.266. The van der Waals surface area contributed by atoms with Crippen LogP contribution in [0.5, 0.6) is 0 Å². The highest BCUT2D eigenvalue weighted by Gasteiger charge is 2.24. The number of nitrogens with zero attached hydrogens (tertiary/aromatic N) is 3. The highest BCUT2D eigenvalue weighted by Crippen LogP contribution is 2.28. The minimum Gasteiger partial charge on any atom is -0.378 e. The summed E-state index contributed by atoms with van der Waals surface area (Å²) in [7, 11) is 0. The second-order valence-electron chi connectivity index (χ2n) is 7.74. The molecule has 0 bridgehead atoms. The number of H-pyrrole nitrogens is 1. The molecule has 4 rings (SSSR count). The maximum Gasteiger partial charge on any atom is 0.152 e. The maximum atomic E-state index is 12.6. The van der Waals surface area contributed by atoms with Crippen molar-refractivity contribution in [3.05, 3.63) is 47.9 Å². The van der Waals surface area contributed by atoms with Gasteiger partial charge in [0.15, 0.2) is 5.78 Å². The third-order valence-corrected chi connectivity index (χ3v) is 5.75. The molecule has 0 amide bonds. The number of carbonyl (C=O) groups is 1. The number of Topliss-reactive ketones (excluding diaryl/α,β-unsaturated/α-hetero) is 1. The second-order valence-corrected chi connectivity index (χ2v) is 7.74. The maximum absolute atomic E-state index is 12.6. The van der Waals surface area contributed by atoms with Crippen LogP contribution in [0.25, 0.3) is 11.0 Å². The first-order valence-corrected chi connectivity index (χ1v) is 9.96. The molecule has 2 N–H and O–H groups in total. The van der Waals surface area contributed by atoms with Gasteiger partial charge in [0.25, 0.3) is 0 Å². The van der Waals surface area contributed by atoms with Crippen molar-refractivity contribution >= 4 is 28.3 Å². The number of hydrogen-bond donors (Lipinski definition) is 2. The van der Waals surface area contributed by atoms with E-state index in [4.69, 9.17) is 0 Å². The van der Waals surface area contributed by atoms with Gasteiger partial charge in [-0.1, -0.05) is 12.1 Å². The summed E-state index contributed by atoms with van der Waals surface area (Å²) in [6.07, 6.45) is 6.28. The number of aromatic nitrogens is 3. The van der Waals surface area contributed by atoms with Crippen molar-refractivity contribution in [1.82, 2.24) is 15.0 Å². The number of benzene rings is 1. The van der Waals surface area contributed by atoms with Crippen molar-refractivity contribution in [2.45, 2.75) is 33.1 Å². The molecule has 1 aromatic carbocycles. The first-order chi connectivity index (χ1) is 13.6. The predicted molar refractivity (Wildman–Crippen MR) is 113 cm³/mol. The van der Waals surface area contributed by atoms with Gasteiger partial charge in [0.2, 0.25) is 0 Å².